The molecule has 0 atom stereocenters. The first-order valence-electron chi connectivity index (χ1n) is 8.28. The van der Waals surface area contributed by atoms with Crippen molar-refractivity contribution in [3.05, 3.63) is 101 Å². The van der Waals surface area contributed by atoms with Gasteiger partial charge in [-0.1, -0.05) is 36.4 Å². The lowest BCUT2D eigenvalue weighted by Gasteiger charge is -2.10. The van der Waals surface area contributed by atoms with E-state index < -0.39 is 23.4 Å². The van der Waals surface area contributed by atoms with Gasteiger partial charge in [-0.15, -0.1) is 0 Å². The van der Waals surface area contributed by atoms with Gasteiger partial charge >= 0.3 is 0 Å². The van der Waals surface area contributed by atoms with Gasteiger partial charge < -0.3 is 5.32 Å². The summed E-state index contributed by atoms with van der Waals surface area (Å²) in [5.74, 6) is -2.35. The lowest BCUT2D eigenvalue weighted by molar-refractivity contribution is 0.0956. The summed E-state index contributed by atoms with van der Waals surface area (Å²) in [6.07, 6.45) is 1.29. The van der Waals surface area contributed by atoms with Gasteiger partial charge in [-0.2, -0.15) is 5.10 Å². The fourth-order valence-corrected chi connectivity index (χ4v) is 2.44. The van der Waals surface area contributed by atoms with E-state index in [1.54, 1.807) is 18.2 Å². The van der Waals surface area contributed by atoms with Crippen molar-refractivity contribution in [3.63, 3.8) is 0 Å². The third kappa shape index (κ3) is 4.64. The number of carbonyl (C=O) groups excluding carboxylic acids is 2. The summed E-state index contributed by atoms with van der Waals surface area (Å²) in [6, 6.07) is 17.5. The molecule has 2 amide bonds. The first-order valence-corrected chi connectivity index (χ1v) is 8.28. The summed E-state index contributed by atoms with van der Waals surface area (Å²) >= 11 is 0. The first-order chi connectivity index (χ1) is 13.5. The molecule has 3 aromatic rings. The lowest BCUT2D eigenvalue weighted by Crippen LogP contribution is -2.21. The molecule has 140 valence electrons. The fourth-order valence-electron chi connectivity index (χ4n) is 2.44. The molecule has 2 N–H and O–H groups in total. The van der Waals surface area contributed by atoms with Gasteiger partial charge in [0.25, 0.3) is 11.8 Å². The summed E-state index contributed by atoms with van der Waals surface area (Å²) in [6.45, 7) is 0. The van der Waals surface area contributed by atoms with Crippen molar-refractivity contribution in [2.24, 2.45) is 5.10 Å². The summed E-state index contributed by atoms with van der Waals surface area (Å²) in [7, 11) is 0. The van der Waals surface area contributed by atoms with Crippen molar-refractivity contribution in [2.75, 3.05) is 5.32 Å². The summed E-state index contributed by atoms with van der Waals surface area (Å²) in [5, 5.41) is 6.31. The highest BCUT2D eigenvalue weighted by Gasteiger charge is 2.15. The maximum atomic E-state index is 13.8. The monoisotopic (exact) mass is 379 g/mol. The van der Waals surface area contributed by atoms with Gasteiger partial charge in [0.05, 0.1) is 23.0 Å². The Labute approximate surface area is 159 Å². The van der Waals surface area contributed by atoms with Gasteiger partial charge in [-0.3, -0.25) is 9.59 Å². The number of nitrogens with one attached hydrogen (secondary N) is 2. The number of hydrazone groups is 1. The maximum Gasteiger partial charge on any atom is 0.273 e. The Morgan fingerprint density at radius 1 is 0.821 bits per heavy atom. The molecule has 28 heavy (non-hydrogen) atoms. The Hall–Kier alpha value is -3.87. The highest BCUT2D eigenvalue weighted by molar-refractivity contribution is 6.09. The largest absolute Gasteiger partial charge is 0.321 e. The predicted octanol–water partition coefficient (Wildman–Crippen LogP) is 3.98. The lowest BCUT2D eigenvalue weighted by atomic mass is 10.1. The van der Waals surface area contributed by atoms with Crippen LogP contribution in [-0.2, 0) is 0 Å². The minimum absolute atomic E-state index is 0.137. The van der Waals surface area contributed by atoms with Crippen LogP contribution in [0.2, 0.25) is 0 Å². The summed E-state index contributed by atoms with van der Waals surface area (Å²) in [4.78, 5) is 24.7. The number of anilines is 1. The molecule has 3 rings (SSSR count). The van der Waals surface area contributed by atoms with E-state index in [2.05, 4.69) is 15.8 Å². The smallest absolute Gasteiger partial charge is 0.273 e. The van der Waals surface area contributed by atoms with E-state index >= 15 is 0 Å². The molecular formula is C21H15F2N3O2. The van der Waals surface area contributed by atoms with Crippen LogP contribution >= 0.6 is 0 Å². The molecule has 0 bridgehead atoms. The van der Waals surface area contributed by atoms with Gasteiger partial charge in [-0.25, -0.2) is 14.2 Å². The molecule has 7 heteroatoms. The zero-order valence-corrected chi connectivity index (χ0v) is 14.5. The van der Waals surface area contributed by atoms with E-state index in [0.717, 1.165) is 0 Å². The van der Waals surface area contributed by atoms with Crippen LogP contribution in [0.5, 0.6) is 0 Å². The molecule has 0 aliphatic heterocycles. The van der Waals surface area contributed by atoms with Crippen LogP contribution in [-0.4, -0.2) is 18.0 Å². The molecule has 0 radical (unpaired) electrons. The normalized spacial score (nSPS) is 10.6. The second kappa shape index (κ2) is 8.68. The van der Waals surface area contributed by atoms with E-state index in [1.165, 1.54) is 60.8 Å². The fraction of sp³-hybridized carbons (Fsp3) is 0. The molecule has 3 aromatic carbocycles. The van der Waals surface area contributed by atoms with Crippen LogP contribution in [0.15, 0.2) is 77.9 Å². The molecule has 0 saturated heterocycles. The number of hydrogen-bond donors (Lipinski definition) is 2. The third-order valence-electron chi connectivity index (χ3n) is 3.77. The molecule has 5 nitrogen and oxygen atoms in total. The number of para-hydroxylation sites is 1. The standard InChI is InChI=1S/C21H15F2N3O2/c22-15-7-5-6-14(12-15)13-24-26-21(28)17-9-2-4-11-19(17)25-20(27)16-8-1-3-10-18(16)23/h1-13H,(H,25,27)(H,26,28)/b24-13+. The van der Waals surface area contributed by atoms with Gasteiger partial charge in [0.1, 0.15) is 11.6 Å². The summed E-state index contributed by atoms with van der Waals surface area (Å²) < 4.78 is 26.9. The van der Waals surface area contributed by atoms with E-state index in [0.29, 0.717) is 5.56 Å². The van der Waals surface area contributed by atoms with Gasteiger partial charge in [-0.05, 0) is 42.0 Å². The number of amides is 2. The average molecular weight is 379 g/mol. The van der Waals surface area contributed by atoms with Gasteiger partial charge in [0, 0.05) is 0 Å². The van der Waals surface area contributed by atoms with Crippen molar-refractivity contribution in [2.45, 2.75) is 0 Å². The Morgan fingerprint density at radius 2 is 1.54 bits per heavy atom. The molecule has 0 aromatic heterocycles. The SMILES string of the molecule is O=C(Nc1ccccc1C(=O)N/N=C/c1cccc(F)c1)c1ccccc1F. The molecule has 0 fully saturated rings. The molecule has 0 saturated carbocycles. The second-order valence-electron chi connectivity index (χ2n) is 5.73. The zero-order chi connectivity index (χ0) is 19.9. The average Bonchev–Trinajstić information content (AvgIpc) is 2.68. The van der Waals surface area contributed by atoms with Crippen LogP contribution in [0, 0.1) is 11.6 Å². The number of benzene rings is 3. The van der Waals surface area contributed by atoms with Crippen LogP contribution in [0.1, 0.15) is 26.3 Å². The Morgan fingerprint density at radius 3 is 2.29 bits per heavy atom. The topological polar surface area (TPSA) is 70.6 Å². The third-order valence-corrected chi connectivity index (χ3v) is 3.77. The van der Waals surface area contributed by atoms with E-state index in [1.807, 2.05) is 0 Å². The zero-order valence-electron chi connectivity index (χ0n) is 14.5. The van der Waals surface area contributed by atoms with Crippen molar-refractivity contribution in [1.29, 1.82) is 0 Å². The highest BCUT2D eigenvalue weighted by atomic mass is 19.1. The van der Waals surface area contributed by atoms with Crippen LogP contribution < -0.4 is 10.7 Å². The maximum absolute atomic E-state index is 13.8. The molecule has 0 spiro atoms. The Kier molecular flexibility index (Phi) is 5.86. The van der Waals surface area contributed by atoms with Crippen molar-refractivity contribution >= 4 is 23.7 Å². The molecule has 0 unspecified atom stereocenters. The molecule has 0 aliphatic rings. The Balaban J connectivity index is 1.73. The van der Waals surface area contributed by atoms with Crippen molar-refractivity contribution < 1.29 is 18.4 Å². The minimum atomic E-state index is -0.679. The number of nitrogens with zero attached hydrogens (tertiary/aromatic N) is 1. The second-order valence-corrected chi connectivity index (χ2v) is 5.73. The minimum Gasteiger partial charge on any atom is -0.321 e. The van der Waals surface area contributed by atoms with E-state index in [9.17, 15) is 18.4 Å². The molecule has 0 aliphatic carbocycles. The number of rotatable bonds is 5. The quantitative estimate of drug-likeness (QED) is 0.520. The van der Waals surface area contributed by atoms with E-state index in [-0.39, 0.29) is 16.8 Å². The Bertz CT molecular complexity index is 1050. The predicted molar refractivity (Wildman–Crippen MR) is 102 cm³/mol. The van der Waals surface area contributed by atoms with Crippen LogP contribution in [0.3, 0.4) is 0 Å². The molecule has 0 heterocycles. The number of halogens is 2. The number of hydrogen-bond acceptors (Lipinski definition) is 3. The first kappa shape index (κ1) is 18.9. The van der Waals surface area contributed by atoms with Crippen LogP contribution in [0.25, 0.3) is 0 Å². The van der Waals surface area contributed by atoms with Gasteiger partial charge in [0.2, 0.25) is 0 Å². The number of carbonyl (C=O) groups is 2. The van der Waals surface area contributed by atoms with Crippen molar-refractivity contribution in [3.8, 4) is 0 Å². The van der Waals surface area contributed by atoms with Crippen molar-refractivity contribution in [1.82, 2.24) is 5.43 Å². The highest BCUT2D eigenvalue weighted by Crippen LogP contribution is 2.17. The van der Waals surface area contributed by atoms with E-state index in [4.69, 9.17) is 0 Å². The summed E-state index contributed by atoms with van der Waals surface area (Å²) in [5.41, 5.74) is 3.00. The van der Waals surface area contributed by atoms with Gasteiger partial charge in [0.15, 0.2) is 0 Å². The van der Waals surface area contributed by atoms with Crippen LogP contribution in [0.4, 0.5) is 14.5 Å². The molecular weight excluding hydrogens is 364 g/mol.